The third-order valence-electron chi connectivity index (χ3n) is 3.23. The molecule has 0 bridgehead atoms. The molecule has 2 N–H and O–H groups in total. The van der Waals surface area contributed by atoms with Gasteiger partial charge in [-0.05, 0) is 17.2 Å². The lowest BCUT2D eigenvalue weighted by Crippen LogP contribution is -2.18. The van der Waals surface area contributed by atoms with Crippen molar-refractivity contribution >= 4 is 11.5 Å². The van der Waals surface area contributed by atoms with Gasteiger partial charge in [0.25, 0.3) is 0 Å². The molecule has 1 aromatic heterocycles. The van der Waals surface area contributed by atoms with E-state index in [-0.39, 0.29) is 0 Å². The number of anilines is 2. The number of nitrogen functional groups attached to an aromatic ring is 1. The number of benzene rings is 1. The average Bonchev–Trinajstić information content (AvgIpc) is 2.82. The van der Waals surface area contributed by atoms with Crippen LogP contribution in [0.2, 0.25) is 0 Å². The second-order valence-electron chi connectivity index (χ2n) is 4.33. The van der Waals surface area contributed by atoms with Crippen molar-refractivity contribution < 1.29 is 0 Å². The van der Waals surface area contributed by atoms with E-state index in [1.807, 2.05) is 12.1 Å². The molecule has 1 aliphatic rings. The highest BCUT2D eigenvalue weighted by Crippen LogP contribution is 2.31. The summed E-state index contributed by atoms with van der Waals surface area (Å²) in [6, 6.07) is 12.0. The molecule has 0 saturated carbocycles. The second-order valence-corrected chi connectivity index (χ2v) is 4.33. The fourth-order valence-electron chi connectivity index (χ4n) is 2.29. The fraction of sp³-hybridized carbons (Fsp3) is 0.143. The summed E-state index contributed by atoms with van der Waals surface area (Å²) < 4.78 is 0. The summed E-state index contributed by atoms with van der Waals surface area (Å²) in [5.74, 6) is 0.699. The van der Waals surface area contributed by atoms with Gasteiger partial charge in [0, 0.05) is 19.3 Å². The highest BCUT2D eigenvalue weighted by atomic mass is 15.2. The van der Waals surface area contributed by atoms with E-state index >= 15 is 0 Å². The Labute approximate surface area is 105 Å². The minimum absolute atomic E-state index is 0.466. The van der Waals surface area contributed by atoms with Crippen molar-refractivity contribution in [3.05, 3.63) is 53.2 Å². The van der Waals surface area contributed by atoms with E-state index in [1.165, 1.54) is 11.1 Å². The number of nitriles is 1. The number of rotatable bonds is 1. The van der Waals surface area contributed by atoms with Crippen molar-refractivity contribution in [3.8, 4) is 6.07 Å². The molecule has 18 heavy (non-hydrogen) atoms. The van der Waals surface area contributed by atoms with Gasteiger partial charge >= 0.3 is 0 Å². The van der Waals surface area contributed by atoms with Crippen LogP contribution in [0.3, 0.4) is 0 Å². The third kappa shape index (κ3) is 1.57. The standard InChI is InChI=1S/C14H12N4/c15-7-10-5-6-17-14(13(10)16)18-8-11-3-1-2-4-12(11)9-18/h1-6H,8-9,16H2. The summed E-state index contributed by atoms with van der Waals surface area (Å²) in [6.07, 6.45) is 1.63. The van der Waals surface area contributed by atoms with Crippen LogP contribution in [0.5, 0.6) is 0 Å². The first kappa shape index (κ1) is 10.6. The van der Waals surface area contributed by atoms with E-state index in [9.17, 15) is 0 Å². The number of pyridine rings is 1. The summed E-state index contributed by atoms with van der Waals surface area (Å²) in [7, 11) is 0. The Morgan fingerprint density at radius 2 is 1.83 bits per heavy atom. The molecule has 4 nitrogen and oxygen atoms in total. The van der Waals surface area contributed by atoms with Crippen LogP contribution in [0, 0.1) is 11.3 Å². The molecule has 0 spiro atoms. The van der Waals surface area contributed by atoms with Gasteiger partial charge in [-0.15, -0.1) is 0 Å². The Bertz CT molecular complexity index is 617. The van der Waals surface area contributed by atoms with E-state index in [2.05, 4.69) is 28.1 Å². The van der Waals surface area contributed by atoms with Gasteiger partial charge in [-0.25, -0.2) is 4.98 Å². The molecule has 4 heteroatoms. The maximum Gasteiger partial charge on any atom is 0.153 e. The molecule has 0 aliphatic carbocycles. The quantitative estimate of drug-likeness (QED) is 0.823. The second kappa shape index (κ2) is 4.04. The summed E-state index contributed by atoms with van der Waals surface area (Å²) >= 11 is 0. The zero-order valence-corrected chi connectivity index (χ0v) is 9.80. The van der Waals surface area contributed by atoms with Crippen LogP contribution in [0.4, 0.5) is 11.5 Å². The Kier molecular flexibility index (Phi) is 2.38. The number of hydrogen-bond acceptors (Lipinski definition) is 4. The smallest absolute Gasteiger partial charge is 0.153 e. The predicted molar refractivity (Wildman–Crippen MR) is 69.7 cm³/mol. The highest BCUT2D eigenvalue weighted by Gasteiger charge is 2.22. The molecule has 0 fully saturated rings. The molecule has 2 aromatic rings. The van der Waals surface area contributed by atoms with Gasteiger partial charge in [0.1, 0.15) is 6.07 Å². The van der Waals surface area contributed by atoms with Crippen LogP contribution in [-0.4, -0.2) is 4.98 Å². The van der Waals surface area contributed by atoms with Crippen molar-refractivity contribution in [2.45, 2.75) is 13.1 Å². The zero-order chi connectivity index (χ0) is 12.5. The van der Waals surface area contributed by atoms with E-state index in [1.54, 1.807) is 12.3 Å². The zero-order valence-electron chi connectivity index (χ0n) is 9.80. The normalized spacial score (nSPS) is 13.2. The highest BCUT2D eigenvalue weighted by molar-refractivity contribution is 5.70. The van der Waals surface area contributed by atoms with E-state index in [0.717, 1.165) is 13.1 Å². The molecule has 2 heterocycles. The van der Waals surface area contributed by atoms with E-state index < -0.39 is 0 Å². The van der Waals surface area contributed by atoms with Crippen LogP contribution in [-0.2, 0) is 13.1 Å². The predicted octanol–water partition coefficient (Wildman–Crippen LogP) is 2.06. The van der Waals surface area contributed by atoms with Crippen LogP contribution < -0.4 is 10.6 Å². The monoisotopic (exact) mass is 236 g/mol. The number of nitrogens with zero attached hydrogens (tertiary/aromatic N) is 3. The van der Waals surface area contributed by atoms with Crippen molar-refractivity contribution in [1.82, 2.24) is 4.98 Å². The maximum atomic E-state index is 8.98. The van der Waals surface area contributed by atoms with Gasteiger partial charge < -0.3 is 10.6 Å². The number of nitrogens with two attached hydrogens (primary N) is 1. The Balaban J connectivity index is 1.98. The Morgan fingerprint density at radius 1 is 1.17 bits per heavy atom. The minimum Gasteiger partial charge on any atom is -0.395 e. The average molecular weight is 236 g/mol. The van der Waals surface area contributed by atoms with Crippen LogP contribution in [0.1, 0.15) is 16.7 Å². The van der Waals surface area contributed by atoms with E-state index in [4.69, 9.17) is 11.0 Å². The Hall–Kier alpha value is -2.54. The molecular formula is C14H12N4. The summed E-state index contributed by atoms with van der Waals surface area (Å²) in [6.45, 7) is 1.59. The van der Waals surface area contributed by atoms with Gasteiger partial charge in [0.05, 0.1) is 11.3 Å². The first-order valence-electron chi connectivity index (χ1n) is 5.76. The lowest BCUT2D eigenvalue weighted by Gasteiger charge is -2.18. The van der Waals surface area contributed by atoms with Crippen LogP contribution >= 0.6 is 0 Å². The summed E-state index contributed by atoms with van der Waals surface area (Å²) in [4.78, 5) is 6.40. The first-order chi connectivity index (χ1) is 8.79. The number of fused-ring (bicyclic) bond motifs is 1. The third-order valence-corrected chi connectivity index (χ3v) is 3.23. The van der Waals surface area contributed by atoms with Gasteiger partial charge in [-0.1, -0.05) is 24.3 Å². The lowest BCUT2D eigenvalue weighted by molar-refractivity contribution is 0.858. The molecule has 0 unspecified atom stereocenters. The van der Waals surface area contributed by atoms with Crippen molar-refractivity contribution in [3.63, 3.8) is 0 Å². The molecule has 88 valence electrons. The topological polar surface area (TPSA) is 65.9 Å². The molecule has 0 amide bonds. The van der Waals surface area contributed by atoms with Gasteiger partial charge in [0.2, 0.25) is 0 Å². The number of aromatic nitrogens is 1. The van der Waals surface area contributed by atoms with Gasteiger partial charge in [-0.2, -0.15) is 5.26 Å². The van der Waals surface area contributed by atoms with E-state index in [0.29, 0.717) is 17.1 Å². The molecule has 1 aromatic carbocycles. The summed E-state index contributed by atoms with van der Waals surface area (Å²) in [5, 5.41) is 8.98. The van der Waals surface area contributed by atoms with Crippen molar-refractivity contribution in [2.75, 3.05) is 10.6 Å². The largest absolute Gasteiger partial charge is 0.395 e. The van der Waals surface area contributed by atoms with Crippen LogP contribution in [0.15, 0.2) is 36.5 Å². The molecule has 0 radical (unpaired) electrons. The number of hydrogen-bond donors (Lipinski definition) is 1. The van der Waals surface area contributed by atoms with Crippen molar-refractivity contribution in [2.24, 2.45) is 0 Å². The maximum absolute atomic E-state index is 8.98. The van der Waals surface area contributed by atoms with Gasteiger partial charge in [-0.3, -0.25) is 0 Å². The SMILES string of the molecule is N#Cc1ccnc(N2Cc3ccccc3C2)c1N. The minimum atomic E-state index is 0.466. The first-order valence-corrected chi connectivity index (χ1v) is 5.76. The lowest BCUT2D eigenvalue weighted by atomic mass is 10.1. The van der Waals surface area contributed by atoms with Crippen LogP contribution in [0.25, 0.3) is 0 Å². The molecule has 1 aliphatic heterocycles. The molecular weight excluding hydrogens is 224 g/mol. The molecule has 3 rings (SSSR count). The van der Waals surface area contributed by atoms with Crippen molar-refractivity contribution in [1.29, 1.82) is 5.26 Å². The molecule has 0 atom stereocenters. The Morgan fingerprint density at radius 3 is 2.44 bits per heavy atom. The molecule has 0 saturated heterocycles. The van der Waals surface area contributed by atoms with Gasteiger partial charge in [0.15, 0.2) is 5.82 Å². The fourth-order valence-corrected chi connectivity index (χ4v) is 2.29. The summed E-state index contributed by atoms with van der Waals surface area (Å²) in [5.41, 5.74) is 9.52.